The van der Waals surface area contributed by atoms with Gasteiger partial charge in [0.05, 0.1) is 0 Å². The average Bonchev–Trinajstić information content (AvgIpc) is 2.16. The SMILES string of the molecule is O=S(=O)([O-])[O-].[Na+].[Na+].c1ccc2ccccc2c1. The molecule has 0 aliphatic carbocycles. The number of rotatable bonds is 0. The van der Waals surface area contributed by atoms with Crippen LogP contribution < -0.4 is 59.1 Å². The van der Waals surface area contributed by atoms with Gasteiger partial charge in [0.25, 0.3) is 0 Å². The maximum atomic E-state index is 8.52. The molecule has 0 bridgehead atoms. The van der Waals surface area contributed by atoms with Gasteiger partial charge in [0, 0.05) is 10.4 Å². The number of hydrogen-bond acceptors (Lipinski definition) is 4. The number of hydrogen-bond donors (Lipinski definition) is 0. The van der Waals surface area contributed by atoms with E-state index in [-0.39, 0.29) is 59.1 Å². The molecule has 2 aromatic rings. The largest absolute Gasteiger partial charge is 1.00 e. The molecule has 0 aliphatic rings. The third kappa shape index (κ3) is 10.2. The first-order chi connectivity index (χ1) is 6.97. The second kappa shape index (κ2) is 9.49. The first-order valence-corrected chi connectivity index (χ1v) is 5.40. The molecule has 2 rings (SSSR count). The third-order valence-corrected chi connectivity index (χ3v) is 1.66. The molecule has 4 nitrogen and oxygen atoms in total. The molecular formula is C10H8Na2O4S. The molecule has 0 unspecified atom stereocenters. The molecule has 80 valence electrons. The van der Waals surface area contributed by atoms with E-state index >= 15 is 0 Å². The van der Waals surface area contributed by atoms with Gasteiger partial charge in [-0.25, -0.2) is 0 Å². The molecule has 0 aromatic heterocycles. The quantitative estimate of drug-likeness (QED) is 0.274. The van der Waals surface area contributed by atoms with E-state index in [1.54, 1.807) is 0 Å². The Hall–Kier alpha value is 0.570. The van der Waals surface area contributed by atoms with Gasteiger partial charge in [-0.2, -0.15) is 0 Å². The summed E-state index contributed by atoms with van der Waals surface area (Å²) in [6.45, 7) is 0. The Kier molecular flexibility index (Phi) is 11.1. The Morgan fingerprint density at radius 3 is 1.06 bits per heavy atom. The van der Waals surface area contributed by atoms with Crippen LogP contribution >= 0.6 is 0 Å². The summed E-state index contributed by atoms with van der Waals surface area (Å²) in [7, 11) is -5.17. The van der Waals surface area contributed by atoms with Gasteiger partial charge < -0.3 is 9.11 Å². The summed E-state index contributed by atoms with van der Waals surface area (Å²) in [6.07, 6.45) is 0. The van der Waals surface area contributed by atoms with Gasteiger partial charge in [0.1, 0.15) is 0 Å². The van der Waals surface area contributed by atoms with Crippen LogP contribution in [0.4, 0.5) is 0 Å². The Labute approximate surface area is 145 Å². The summed E-state index contributed by atoms with van der Waals surface area (Å²) < 4.78 is 34.1. The van der Waals surface area contributed by atoms with Crippen molar-refractivity contribution in [2.45, 2.75) is 0 Å². The second-order valence-corrected chi connectivity index (χ2v) is 3.57. The standard InChI is InChI=1S/C10H8.2Na.H2O4S/c1-2-6-10-8-4-3-7-9(10)5-1;;;1-5(2,3)4/h1-8H;;;(H2,1,2,3,4)/q;2*+1;/p-2. The molecular weight excluding hydrogens is 262 g/mol. The zero-order valence-corrected chi connectivity index (χ0v) is 14.5. The Balaban J connectivity index is 0. The van der Waals surface area contributed by atoms with Crippen molar-refractivity contribution in [3.8, 4) is 0 Å². The minimum Gasteiger partial charge on any atom is -0.759 e. The maximum Gasteiger partial charge on any atom is 1.00 e. The predicted octanol–water partition coefficient (Wildman–Crippen LogP) is -4.49. The average molecular weight is 270 g/mol. The van der Waals surface area contributed by atoms with Crippen LogP contribution in [0.2, 0.25) is 0 Å². The van der Waals surface area contributed by atoms with Crippen molar-refractivity contribution in [1.82, 2.24) is 0 Å². The molecule has 0 fully saturated rings. The number of fused-ring (bicyclic) bond motifs is 1. The van der Waals surface area contributed by atoms with Gasteiger partial charge in [-0.1, -0.05) is 48.5 Å². The molecule has 0 radical (unpaired) electrons. The summed E-state index contributed by atoms with van der Waals surface area (Å²) in [5.41, 5.74) is 0. The molecule has 0 aliphatic heterocycles. The zero-order valence-electron chi connectivity index (χ0n) is 9.66. The van der Waals surface area contributed by atoms with Gasteiger partial charge in [-0.05, 0) is 10.8 Å². The summed E-state index contributed by atoms with van der Waals surface area (Å²) in [5.74, 6) is 0. The molecule has 7 heteroatoms. The fourth-order valence-corrected chi connectivity index (χ4v) is 1.13. The van der Waals surface area contributed by atoms with Crippen LogP contribution in [0.15, 0.2) is 48.5 Å². The van der Waals surface area contributed by atoms with E-state index in [9.17, 15) is 0 Å². The topological polar surface area (TPSA) is 80.3 Å². The van der Waals surface area contributed by atoms with Crippen molar-refractivity contribution < 1.29 is 76.6 Å². The van der Waals surface area contributed by atoms with E-state index in [0.29, 0.717) is 0 Å². The van der Waals surface area contributed by atoms with Crippen molar-refractivity contribution in [2.24, 2.45) is 0 Å². The van der Waals surface area contributed by atoms with Gasteiger partial charge in [-0.15, -0.1) is 0 Å². The Morgan fingerprint density at radius 1 is 0.706 bits per heavy atom. The molecule has 2 aromatic carbocycles. The minimum atomic E-state index is -5.17. The van der Waals surface area contributed by atoms with Crippen molar-refractivity contribution >= 4 is 21.2 Å². The predicted molar refractivity (Wildman–Crippen MR) is 54.4 cm³/mol. The number of benzene rings is 2. The molecule has 0 saturated heterocycles. The van der Waals surface area contributed by atoms with Crippen LogP contribution in [0.5, 0.6) is 0 Å². The summed E-state index contributed by atoms with van der Waals surface area (Å²) in [6, 6.07) is 16.7. The molecule has 17 heavy (non-hydrogen) atoms. The second-order valence-electron chi connectivity index (χ2n) is 2.76. The molecule has 0 heterocycles. The van der Waals surface area contributed by atoms with Gasteiger partial charge >= 0.3 is 59.1 Å². The van der Waals surface area contributed by atoms with Crippen LogP contribution in [0, 0.1) is 0 Å². The van der Waals surface area contributed by atoms with Crippen molar-refractivity contribution in [2.75, 3.05) is 0 Å². The van der Waals surface area contributed by atoms with E-state index in [2.05, 4.69) is 48.5 Å². The van der Waals surface area contributed by atoms with Crippen LogP contribution in [-0.4, -0.2) is 17.5 Å². The fourth-order valence-electron chi connectivity index (χ4n) is 1.13. The first kappa shape index (κ1) is 19.9. The first-order valence-electron chi connectivity index (χ1n) is 4.07. The van der Waals surface area contributed by atoms with E-state index in [1.807, 2.05) is 0 Å². The van der Waals surface area contributed by atoms with E-state index < -0.39 is 10.4 Å². The molecule has 0 amide bonds. The Morgan fingerprint density at radius 2 is 0.882 bits per heavy atom. The van der Waals surface area contributed by atoms with Crippen molar-refractivity contribution in [3.63, 3.8) is 0 Å². The van der Waals surface area contributed by atoms with Crippen LogP contribution in [0.3, 0.4) is 0 Å². The molecule has 0 N–H and O–H groups in total. The third-order valence-electron chi connectivity index (χ3n) is 1.66. The van der Waals surface area contributed by atoms with Gasteiger partial charge in [-0.3, -0.25) is 8.42 Å². The van der Waals surface area contributed by atoms with E-state index in [0.717, 1.165) is 0 Å². The van der Waals surface area contributed by atoms with Crippen molar-refractivity contribution in [3.05, 3.63) is 48.5 Å². The summed E-state index contributed by atoms with van der Waals surface area (Å²) in [4.78, 5) is 0. The van der Waals surface area contributed by atoms with E-state index in [4.69, 9.17) is 17.5 Å². The minimum absolute atomic E-state index is 0. The summed E-state index contributed by atoms with van der Waals surface area (Å²) in [5, 5.41) is 2.62. The summed E-state index contributed by atoms with van der Waals surface area (Å²) >= 11 is 0. The fraction of sp³-hybridized carbons (Fsp3) is 0. The zero-order chi connectivity index (χ0) is 11.3. The maximum absolute atomic E-state index is 8.52. The van der Waals surface area contributed by atoms with Crippen LogP contribution in [0.25, 0.3) is 10.8 Å². The van der Waals surface area contributed by atoms with Crippen LogP contribution in [0.1, 0.15) is 0 Å². The monoisotopic (exact) mass is 270 g/mol. The normalized spacial score (nSPS) is 9.29. The van der Waals surface area contributed by atoms with Gasteiger partial charge in [0.15, 0.2) is 0 Å². The Bertz CT molecular complexity index is 469. The van der Waals surface area contributed by atoms with Crippen molar-refractivity contribution in [1.29, 1.82) is 0 Å². The van der Waals surface area contributed by atoms with Crippen LogP contribution in [-0.2, 0) is 10.4 Å². The molecule has 0 atom stereocenters. The smallest absolute Gasteiger partial charge is 0.759 e. The van der Waals surface area contributed by atoms with E-state index in [1.165, 1.54) is 10.8 Å². The van der Waals surface area contributed by atoms with Gasteiger partial charge in [0.2, 0.25) is 0 Å². The molecule has 0 saturated carbocycles. The molecule has 0 spiro atoms.